The number of amides is 2. The van der Waals surface area contributed by atoms with Crippen molar-refractivity contribution in [1.29, 1.82) is 0 Å². The quantitative estimate of drug-likeness (QED) is 0.374. The fourth-order valence-electron chi connectivity index (χ4n) is 6.14. The number of hydrogen-bond donors (Lipinski definition) is 4. The number of aliphatic hydroxyl groups excluding tert-OH is 3. The number of benzene rings is 2. The van der Waals surface area contributed by atoms with Crippen LogP contribution in [0.15, 0.2) is 48.0 Å². The molecule has 3 aliphatic rings. The van der Waals surface area contributed by atoms with Gasteiger partial charge in [0.2, 0.25) is 11.8 Å². The SMILES string of the molecule is COc1cc(CO)cc2c1O[C@@H]1[C@@H](O)[C@H](N(Cc3ccc(F)cc3)C(=O)C3CCCC3)C=C(C(=O)NCCO)[C@H]21. The van der Waals surface area contributed by atoms with Crippen LogP contribution in [0.3, 0.4) is 0 Å². The fourth-order valence-corrected chi connectivity index (χ4v) is 6.14. The number of methoxy groups -OCH3 is 1. The van der Waals surface area contributed by atoms with E-state index in [2.05, 4.69) is 5.32 Å². The van der Waals surface area contributed by atoms with Crippen molar-refractivity contribution in [3.8, 4) is 11.5 Å². The Hall–Kier alpha value is -3.47. The molecule has 4 N–H and O–H groups in total. The number of carbonyl (C=O) groups excluding carboxylic acids is 2. The van der Waals surface area contributed by atoms with Crippen LogP contribution >= 0.6 is 0 Å². The summed E-state index contributed by atoms with van der Waals surface area (Å²) in [6.07, 6.45) is 2.85. The molecule has 1 saturated carbocycles. The van der Waals surface area contributed by atoms with Gasteiger partial charge < -0.3 is 35.0 Å². The van der Waals surface area contributed by atoms with Gasteiger partial charge in [-0.3, -0.25) is 9.59 Å². The largest absolute Gasteiger partial charge is 0.493 e. The highest BCUT2D eigenvalue weighted by Crippen LogP contribution is 2.51. The molecule has 10 heteroatoms. The number of halogens is 1. The molecule has 1 fully saturated rings. The summed E-state index contributed by atoms with van der Waals surface area (Å²) in [5.74, 6) is -1.17. The Kier molecular flexibility index (Phi) is 8.39. The Morgan fingerprint density at radius 2 is 1.85 bits per heavy atom. The van der Waals surface area contributed by atoms with Gasteiger partial charge in [0.1, 0.15) is 18.0 Å². The van der Waals surface area contributed by atoms with Crippen LogP contribution in [0.2, 0.25) is 0 Å². The van der Waals surface area contributed by atoms with Crippen LogP contribution in [0, 0.1) is 11.7 Å². The Balaban J connectivity index is 1.59. The highest BCUT2D eigenvalue weighted by Gasteiger charge is 2.52. The van der Waals surface area contributed by atoms with Crippen LogP contribution in [-0.2, 0) is 22.7 Å². The first-order valence-corrected chi connectivity index (χ1v) is 13.7. The van der Waals surface area contributed by atoms with E-state index in [0.29, 0.717) is 28.2 Å². The molecular weight excluding hydrogens is 519 g/mol. The van der Waals surface area contributed by atoms with Gasteiger partial charge in [0.15, 0.2) is 11.5 Å². The molecule has 4 atom stereocenters. The van der Waals surface area contributed by atoms with Gasteiger partial charge in [-0.1, -0.05) is 25.0 Å². The van der Waals surface area contributed by atoms with Gasteiger partial charge in [-0.2, -0.15) is 0 Å². The second-order valence-electron chi connectivity index (χ2n) is 10.6. The maximum Gasteiger partial charge on any atom is 0.247 e. The summed E-state index contributed by atoms with van der Waals surface area (Å²) < 4.78 is 25.4. The van der Waals surface area contributed by atoms with Gasteiger partial charge in [-0.05, 0) is 54.3 Å². The van der Waals surface area contributed by atoms with Crippen LogP contribution in [0.1, 0.15) is 48.3 Å². The minimum absolute atomic E-state index is 0.0226. The average Bonchev–Trinajstić information content (AvgIpc) is 3.64. The number of hydrogen-bond acceptors (Lipinski definition) is 7. The molecule has 2 aromatic rings. The lowest BCUT2D eigenvalue weighted by Crippen LogP contribution is -2.56. The minimum Gasteiger partial charge on any atom is -0.493 e. The number of fused-ring (bicyclic) bond motifs is 3. The number of nitrogens with one attached hydrogen (secondary N) is 1. The Bertz CT molecular complexity index is 1280. The molecule has 0 radical (unpaired) electrons. The van der Waals surface area contributed by atoms with E-state index in [0.717, 1.165) is 25.7 Å². The summed E-state index contributed by atoms with van der Waals surface area (Å²) >= 11 is 0. The monoisotopic (exact) mass is 554 g/mol. The van der Waals surface area contributed by atoms with E-state index >= 15 is 0 Å². The van der Waals surface area contributed by atoms with Crippen molar-refractivity contribution in [2.24, 2.45) is 5.92 Å². The molecule has 2 aromatic carbocycles. The third kappa shape index (κ3) is 5.31. The summed E-state index contributed by atoms with van der Waals surface area (Å²) in [6, 6.07) is 8.31. The normalized spacial score (nSPS) is 23.6. The first-order chi connectivity index (χ1) is 19.4. The van der Waals surface area contributed by atoms with Crippen molar-refractivity contribution in [2.75, 3.05) is 20.3 Å². The third-order valence-electron chi connectivity index (χ3n) is 8.11. The van der Waals surface area contributed by atoms with Crippen LogP contribution in [0.5, 0.6) is 11.5 Å². The molecule has 2 aliphatic carbocycles. The van der Waals surface area contributed by atoms with E-state index in [1.807, 2.05) is 0 Å². The zero-order chi connectivity index (χ0) is 28.4. The van der Waals surface area contributed by atoms with Gasteiger partial charge in [-0.15, -0.1) is 0 Å². The van der Waals surface area contributed by atoms with Crippen molar-refractivity contribution in [3.63, 3.8) is 0 Å². The summed E-state index contributed by atoms with van der Waals surface area (Å²) in [7, 11) is 1.47. The van der Waals surface area contributed by atoms with E-state index in [1.165, 1.54) is 19.2 Å². The number of ether oxygens (including phenoxy) is 2. The standard InChI is InChI=1S/C30H35FN2O7/c1-39-24-13-18(16-35)12-21-25-22(29(37)32-10-11-34)14-23(26(36)28(25)40-27(21)24)33(30(38)19-4-2-3-5-19)15-17-6-8-20(31)9-7-17/h6-9,12-14,19,23,25-26,28,34-36H,2-5,10-11,15-16H2,1H3,(H,32,37)/t23-,25+,26+,28+/m1/s1. The Morgan fingerprint density at radius 1 is 1.12 bits per heavy atom. The molecule has 1 heterocycles. The van der Waals surface area contributed by atoms with E-state index in [4.69, 9.17) is 9.47 Å². The van der Waals surface area contributed by atoms with Gasteiger partial charge in [0.05, 0.1) is 32.3 Å². The van der Waals surface area contributed by atoms with Crippen LogP contribution < -0.4 is 14.8 Å². The van der Waals surface area contributed by atoms with Gasteiger partial charge >= 0.3 is 0 Å². The van der Waals surface area contributed by atoms with Gasteiger partial charge in [-0.25, -0.2) is 4.39 Å². The maximum atomic E-state index is 13.9. The summed E-state index contributed by atoms with van der Waals surface area (Å²) in [4.78, 5) is 28.9. The van der Waals surface area contributed by atoms with E-state index in [-0.39, 0.29) is 43.7 Å². The lowest BCUT2D eigenvalue weighted by molar-refractivity contribution is -0.142. The number of carbonyl (C=O) groups is 2. The molecule has 0 spiro atoms. The lowest BCUT2D eigenvalue weighted by atomic mass is 9.77. The van der Waals surface area contributed by atoms with Crippen LogP contribution in [0.25, 0.3) is 0 Å². The second kappa shape index (κ2) is 12.0. The summed E-state index contributed by atoms with van der Waals surface area (Å²) in [6.45, 7) is -0.384. The van der Waals surface area contributed by atoms with Crippen molar-refractivity contribution in [3.05, 3.63) is 70.6 Å². The molecule has 0 bridgehead atoms. The van der Waals surface area contributed by atoms with E-state index in [9.17, 15) is 29.3 Å². The molecule has 0 aromatic heterocycles. The molecule has 1 aliphatic heterocycles. The second-order valence-corrected chi connectivity index (χ2v) is 10.6. The zero-order valence-corrected chi connectivity index (χ0v) is 22.4. The first kappa shape index (κ1) is 28.1. The summed E-state index contributed by atoms with van der Waals surface area (Å²) in [5.41, 5.74) is 2.11. The molecule has 5 rings (SSSR count). The van der Waals surface area contributed by atoms with E-state index in [1.54, 1.807) is 35.2 Å². The topological polar surface area (TPSA) is 129 Å². The molecule has 0 unspecified atom stereocenters. The zero-order valence-electron chi connectivity index (χ0n) is 22.4. The molecule has 9 nitrogen and oxygen atoms in total. The average molecular weight is 555 g/mol. The Labute approximate surface area is 232 Å². The highest BCUT2D eigenvalue weighted by atomic mass is 19.1. The number of nitrogens with zero attached hydrogens (tertiary/aromatic N) is 1. The van der Waals surface area contributed by atoms with Crippen LogP contribution in [-0.4, -0.2) is 70.5 Å². The third-order valence-corrected chi connectivity index (χ3v) is 8.11. The van der Waals surface area contributed by atoms with Crippen LogP contribution in [0.4, 0.5) is 4.39 Å². The van der Waals surface area contributed by atoms with Crippen molar-refractivity contribution in [2.45, 2.75) is 63.0 Å². The molecule has 2 amide bonds. The molecule has 40 heavy (non-hydrogen) atoms. The minimum atomic E-state index is -1.21. The predicted molar refractivity (Wildman–Crippen MR) is 143 cm³/mol. The predicted octanol–water partition coefficient (Wildman–Crippen LogP) is 2.17. The number of rotatable bonds is 9. The maximum absolute atomic E-state index is 13.9. The fraction of sp³-hybridized carbons (Fsp3) is 0.467. The van der Waals surface area contributed by atoms with E-state index < -0.39 is 35.9 Å². The first-order valence-electron chi connectivity index (χ1n) is 13.7. The molecular formula is C30H35FN2O7. The smallest absolute Gasteiger partial charge is 0.247 e. The molecule has 0 saturated heterocycles. The van der Waals surface area contributed by atoms with Crippen molar-refractivity contribution in [1.82, 2.24) is 10.2 Å². The number of aliphatic hydroxyl groups is 3. The Morgan fingerprint density at radius 3 is 2.50 bits per heavy atom. The molecule has 214 valence electrons. The lowest BCUT2D eigenvalue weighted by Gasteiger charge is -2.41. The van der Waals surface area contributed by atoms with Crippen molar-refractivity contribution < 1.29 is 38.8 Å². The van der Waals surface area contributed by atoms with Gasteiger partial charge in [0, 0.05) is 30.1 Å². The van der Waals surface area contributed by atoms with Gasteiger partial charge in [0.25, 0.3) is 0 Å². The highest BCUT2D eigenvalue weighted by molar-refractivity contribution is 5.96. The summed E-state index contributed by atoms with van der Waals surface area (Å²) in [5, 5.41) is 33.6. The van der Waals surface area contributed by atoms with Crippen molar-refractivity contribution >= 4 is 11.8 Å².